The van der Waals surface area contributed by atoms with Gasteiger partial charge in [0.15, 0.2) is 0 Å². The van der Waals surface area contributed by atoms with Crippen molar-refractivity contribution in [2.75, 3.05) is 0 Å². The van der Waals surface area contributed by atoms with E-state index in [1.54, 1.807) is 0 Å². The smallest absolute Gasteiger partial charge is 0.0809 e. The maximum atomic E-state index is 2.27. The van der Waals surface area contributed by atoms with Crippen LogP contribution in [-0.2, 0) is 19.2 Å². The third-order valence-corrected chi connectivity index (χ3v) is 2.38. The van der Waals surface area contributed by atoms with E-state index in [4.69, 9.17) is 0 Å². The second-order valence-electron chi connectivity index (χ2n) is 4.62. The van der Waals surface area contributed by atoms with Crippen molar-refractivity contribution < 1.29 is 44.0 Å². The Hall–Kier alpha value is -0.309. The van der Waals surface area contributed by atoms with E-state index in [0.29, 0.717) is 0 Å². The molecule has 0 amide bonds. The van der Waals surface area contributed by atoms with E-state index in [-0.39, 0.29) is 31.0 Å². The first kappa shape index (κ1) is 23.0. The van der Waals surface area contributed by atoms with Gasteiger partial charge in [0.25, 0.3) is 0 Å². The number of fused-ring (bicyclic) bond motifs is 1. The first-order valence-corrected chi connectivity index (χ1v) is 11.2. The van der Waals surface area contributed by atoms with E-state index in [1.807, 2.05) is 12.1 Å². The van der Waals surface area contributed by atoms with Gasteiger partial charge in [0, 0.05) is 0 Å². The van der Waals surface area contributed by atoms with E-state index >= 15 is 0 Å². The number of benzene rings is 1. The number of halogens is 2. The normalized spacial score (nSPS) is 8.24. The molecule has 0 saturated carbocycles. The molecule has 0 heterocycles. The molecule has 0 fully saturated rings. The van der Waals surface area contributed by atoms with Crippen LogP contribution in [0.1, 0.15) is 5.56 Å². The minimum atomic E-state index is 0. The fraction of sp³-hybridized carbons (Fsp3) is 0.176. The van der Waals surface area contributed by atoms with Crippen molar-refractivity contribution in [3.05, 3.63) is 72.3 Å². The SMILES string of the molecule is C[Si](C)=[Ti+2].C[c-]1cccc1.[Cl-].[Cl-].c1ccc2[cH-]ccc2c1. The molecule has 0 aliphatic carbocycles. The van der Waals surface area contributed by atoms with Gasteiger partial charge in [0.1, 0.15) is 0 Å². The second-order valence-corrected chi connectivity index (χ2v) is 11.3. The molecule has 0 aliphatic rings. The van der Waals surface area contributed by atoms with Crippen LogP contribution < -0.4 is 24.8 Å². The van der Waals surface area contributed by atoms with Crippen LogP contribution in [-0.4, -0.2) is 6.19 Å². The van der Waals surface area contributed by atoms with Gasteiger partial charge in [-0.1, -0.05) is 13.0 Å². The molecular weight excluding hydrogens is 351 g/mol. The third-order valence-electron chi connectivity index (χ3n) is 2.38. The van der Waals surface area contributed by atoms with Crippen molar-refractivity contribution in [3.63, 3.8) is 0 Å². The molecule has 3 rings (SSSR count). The van der Waals surface area contributed by atoms with Gasteiger partial charge >= 0.3 is 38.5 Å². The minimum absolute atomic E-state index is 0. The quantitative estimate of drug-likeness (QED) is 0.354. The van der Waals surface area contributed by atoms with Gasteiger partial charge in [0.2, 0.25) is 0 Å². The van der Waals surface area contributed by atoms with Crippen molar-refractivity contribution in [2.24, 2.45) is 0 Å². The summed E-state index contributed by atoms with van der Waals surface area (Å²) in [7, 11) is 0. The zero-order chi connectivity index (χ0) is 14.1. The molecule has 112 valence electrons. The summed E-state index contributed by atoms with van der Waals surface area (Å²) in [5.41, 5.74) is 1.34. The first-order valence-electron chi connectivity index (χ1n) is 6.40. The Morgan fingerprint density at radius 2 is 1.48 bits per heavy atom. The maximum Gasteiger partial charge on any atom is -0.0809 e. The second kappa shape index (κ2) is 13.4. The molecule has 0 spiro atoms. The Balaban J connectivity index is 0. The Morgan fingerprint density at radius 3 is 1.90 bits per heavy atom. The molecule has 0 nitrogen and oxygen atoms in total. The first-order chi connectivity index (χ1) is 9.09. The van der Waals surface area contributed by atoms with Crippen molar-refractivity contribution in [2.45, 2.75) is 20.0 Å². The topological polar surface area (TPSA) is 0 Å². The van der Waals surface area contributed by atoms with Crippen LogP contribution in [0, 0.1) is 6.92 Å². The molecule has 0 unspecified atom stereocenters. The maximum absolute atomic E-state index is 2.27. The number of hydrogen-bond donors (Lipinski definition) is 0. The molecule has 3 aromatic carbocycles. The van der Waals surface area contributed by atoms with Gasteiger partial charge in [-0.2, -0.15) is 35.2 Å². The summed E-state index contributed by atoms with van der Waals surface area (Å²) in [5, 5.41) is 2.66. The zero-order valence-corrected chi connectivity index (χ0v) is 16.7. The van der Waals surface area contributed by atoms with Crippen LogP contribution in [0.4, 0.5) is 0 Å². The van der Waals surface area contributed by atoms with E-state index in [9.17, 15) is 0 Å². The molecule has 0 radical (unpaired) electrons. The van der Waals surface area contributed by atoms with E-state index in [2.05, 4.69) is 93.8 Å². The Kier molecular flexibility index (Phi) is 14.6. The molecule has 4 heteroatoms. The largest absolute Gasteiger partial charge is 1.00 e. The summed E-state index contributed by atoms with van der Waals surface area (Å²) in [6.45, 7) is 6.62. The average molecular weight is 371 g/mol. The predicted octanol–water partition coefficient (Wildman–Crippen LogP) is -0.935. The third kappa shape index (κ3) is 11.0. The van der Waals surface area contributed by atoms with Crippen LogP contribution in [0.15, 0.2) is 66.7 Å². The van der Waals surface area contributed by atoms with Gasteiger partial charge in [-0.3, -0.25) is 0 Å². The van der Waals surface area contributed by atoms with Crippen LogP contribution in [0.5, 0.6) is 0 Å². The average Bonchev–Trinajstić information content (AvgIpc) is 2.99. The molecular formula is C17H20Cl2SiTi-2. The van der Waals surface area contributed by atoms with Crippen molar-refractivity contribution in [1.82, 2.24) is 0 Å². The molecule has 0 aromatic heterocycles. The van der Waals surface area contributed by atoms with Crippen molar-refractivity contribution in [1.29, 1.82) is 0 Å². The summed E-state index contributed by atoms with van der Waals surface area (Å²) in [6, 6.07) is 22.9. The molecule has 0 N–H and O–H groups in total. The Morgan fingerprint density at radius 1 is 0.952 bits per heavy atom. The predicted molar refractivity (Wildman–Crippen MR) is 83.8 cm³/mol. The summed E-state index contributed by atoms with van der Waals surface area (Å²) < 4.78 is 0. The summed E-state index contributed by atoms with van der Waals surface area (Å²) >= 11 is 2.27. The fourth-order valence-electron chi connectivity index (χ4n) is 1.54. The minimum Gasteiger partial charge on any atom is -1.00 e. The summed E-state index contributed by atoms with van der Waals surface area (Å²) in [5.74, 6) is 0. The standard InChI is InChI=1S/C9H7.C6H7.C2H6Si.2ClH.Ti/c1-2-5-9-7-3-6-8(9)4-1;1-6-4-2-3-5-6;1-3-2;;;/h1-7H;2-5H,1H3;1-2H3;2*1H;/q2*-1;;;;+2/p-2. The van der Waals surface area contributed by atoms with Crippen LogP contribution in [0.25, 0.3) is 10.8 Å². The van der Waals surface area contributed by atoms with Gasteiger partial charge in [0.05, 0.1) is 0 Å². The molecule has 0 bridgehead atoms. The van der Waals surface area contributed by atoms with Crippen LogP contribution >= 0.6 is 0 Å². The van der Waals surface area contributed by atoms with Crippen LogP contribution in [0.2, 0.25) is 13.1 Å². The number of rotatable bonds is 0. The van der Waals surface area contributed by atoms with Crippen molar-refractivity contribution in [3.8, 4) is 0 Å². The zero-order valence-electron chi connectivity index (χ0n) is 12.6. The fourth-order valence-corrected chi connectivity index (χ4v) is 1.54. The summed E-state index contributed by atoms with van der Waals surface area (Å²) in [4.78, 5) is 0. The van der Waals surface area contributed by atoms with Gasteiger partial charge in [-0.25, -0.2) is 12.1 Å². The number of aryl methyl sites for hydroxylation is 1. The molecule has 0 saturated heterocycles. The summed E-state index contributed by atoms with van der Waals surface area (Å²) in [6.07, 6.45) is 0.120. The van der Waals surface area contributed by atoms with Crippen molar-refractivity contribution >= 4 is 17.0 Å². The Bertz CT molecular complexity index is 566. The van der Waals surface area contributed by atoms with Gasteiger partial charge < -0.3 is 24.8 Å². The van der Waals surface area contributed by atoms with E-state index in [0.717, 1.165) is 0 Å². The molecule has 3 aromatic rings. The van der Waals surface area contributed by atoms with Gasteiger partial charge in [-0.15, -0.1) is 29.7 Å². The Labute approximate surface area is 152 Å². The monoisotopic (exact) mass is 370 g/mol. The van der Waals surface area contributed by atoms with Gasteiger partial charge in [-0.05, 0) is 0 Å². The molecule has 0 aliphatic heterocycles. The van der Waals surface area contributed by atoms with E-state index < -0.39 is 0 Å². The van der Waals surface area contributed by atoms with E-state index in [1.165, 1.54) is 16.3 Å². The molecule has 21 heavy (non-hydrogen) atoms. The van der Waals surface area contributed by atoms with Crippen LogP contribution in [0.3, 0.4) is 0 Å². The number of hydrogen-bond acceptors (Lipinski definition) is 0. The molecule has 0 atom stereocenters.